The molecule has 4 rings (SSSR count). The Labute approximate surface area is 131 Å². The molecule has 0 aliphatic heterocycles. The van der Waals surface area contributed by atoms with Gasteiger partial charge in [-0.2, -0.15) is 5.10 Å². The Morgan fingerprint density at radius 3 is 3.05 bits per heavy atom. The van der Waals surface area contributed by atoms with Gasteiger partial charge in [0.05, 0.1) is 11.7 Å². The maximum absolute atomic E-state index is 12.4. The number of carbonyl (C=O) groups is 1. The normalized spacial score (nSPS) is 14.4. The predicted molar refractivity (Wildman–Crippen MR) is 85.2 cm³/mol. The third-order valence-corrected chi connectivity index (χ3v) is 4.80. The molecule has 1 aliphatic rings. The SMILES string of the molecule is CCn1ncc2ccc(C(=O)Nc3nnc(C4CC4)s3)cc21. The van der Waals surface area contributed by atoms with Gasteiger partial charge in [0, 0.05) is 23.4 Å². The highest BCUT2D eigenvalue weighted by Crippen LogP contribution is 2.42. The van der Waals surface area contributed by atoms with Gasteiger partial charge in [-0.05, 0) is 31.9 Å². The van der Waals surface area contributed by atoms with E-state index < -0.39 is 0 Å². The fourth-order valence-corrected chi connectivity index (χ4v) is 3.32. The van der Waals surface area contributed by atoms with Gasteiger partial charge in [0.2, 0.25) is 5.13 Å². The quantitative estimate of drug-likeness (QED) is 0.803. The molecular weight excluding hydrogens is 298 g/mol. The summed E-state index contributed by atoms with van der Waals surface area (Å²) in [6.45, 7) is 2.80. The number of benzene rings is 1. The fourth-order valence-electron chi connectivity index (χ4n) is 2.41. The first-order valence-electron chi connectivity index (χ1n) is 7.35. The Kier molecular flexibility index (Phi) is 3.15. The van der Waals surface area contributed by atoms with E-state index in [2.05, 4.69) is 20.6 Å². The monoisotopic (exact) mass is 313 g/mol. The van der Waals surface area contributed by atoms with Gasteiger partial charge in [-0.3, -0.25) is 14.8 Å². The first-order valence-corrected chi connectivity index (χ1v) is 8.16. The summed E-state index contributed by atoms with van der Waals surface area (Å²) in [4.78, 5) is 12.4. The summed E-state index contributed by atoms with van der Waals surface area (Å²) in [5, 5.41) is 17.9. The van der Waals surface area contributed by atoms with Crippen molar-refractivity contribution in [2.45, 2.75) is 32.2 Å². The van der Waals surface area contributed by atoms with E-state index in [0.717, 1.165) is 22.5 Å². The molecule has 2 heterocycles. The molecular formula is C15H15N5OS. The van der Waals surface area contributed by atoms with E-state index in [1.54, 1.807) is 0 Å². The van der Waals surface area contributed by atoms with Crippen molar-refractivity contribution in [3.8, 4) is 0 Å². The highest BCUT2D eigenvalue weighted by Gasteiger charge is 2.27. The zero-order valence-corrected chi connectivity index (χ0v) is 12.9. The maximum atomic E-state index is 12.4. The lowest BCUT2D eigenvalue weighted by Crippen LogP contribution is -2.11. The Bertz CT molecular complexity index is 849. The molecule has 6 nitrogen and oxygen atoms in total. The number of hydrogen-bond donors (Lipinski definition) is 1. The Hall–Kier alpha value is -2.28. The Morgan fingerprint density at radius 1 is 1.41 bits per heavy atom. The van der Waals surface area contributed by atoms with Gasteiger partial charge in [-0.25, -0.2) is 0 Å². The highest BCUT2D eigenvalue weighted by molar-refractivity contribution is 7.15. The second-order valence-corrected chi connectivity index (χ2v) is 6.42. The highest BCUT2D eigenvalue weighted by atomic mass is 32.1. The summed E-state index contributed by atoms with van der Waals surface area (Å²) in [6.07, 6.45) is 4.17. The first-order chi connectivity index (χ1) is 10.7. The maximum Gasteiger partial charge on any atom is 0.257 e. The van der Waals surface area contributed by atoms with E-state index in [4.69, 9.17) is 0 Å². The van der Waals surface area contributed by atoms with Crippen LogP contribution in [0.5, 0.6) is 0 Å². The molecule has 1 fully saturated rings. The van der Waals surface area contributed by atoms with Crippen molar-refractivity contribution in [1.29, 1.82) is 0 Å². The van der Waals surface area contributed by atoms with E-state index in [1.807, 2.05) is 36.0 Å². The molecule has 0 saturated heterocycles. The summed E-state index contributed by atoms with van der Waals surface area (Å²) in [5.41, 5.74) is 1.57. The van der Waals surface area contributed by atoms with E-state index >= 15 is 0 Å². The van der Waals surface area contributed by atoms with Crippen LogP contribution in [0.1, 0.15) is 41.0 Å². The molecule has 1 N–H and O–H groups in total. The summed E-state index contributed by atoms with van der Waals surface area (Å²) < 4.78 is 1.88. The van der Waals surface area contributed by atoms with Crippen LogP contribution >= 0.6 is 11.3 Å². The third-order valence-electron chi connectivity index (χ3n) is 3.79. The van der Waals surface area contributed by atoms with Gasteiger partial charge < -0.3 is 0 Å². The van der Waals surface area contributed by atoms with Gasteiger partial charge in [0.1, 0.15) is 5.01 Å². The van der Waals surface area contributed by atoms with Crippen molar-refractivity contribution >= 4 is 33.3 Å². The standard InChI is InChI=1S/C15H15N5OS/c1-2-20-12-7-10(5-6-11(12)8-16-20)13(21)17-15-19-18-14(22-15)9-3-4-9/h5-9H,2-4H2,1H3,(H,17,19,21). The fraction of sp³-hybridized carbons (Fsp3) is 0.333. The number of carbonyl (C=O) groups excluding carboxylic acids is 1. The Balaban J connectivity index is 1.58. The van der Waals surface area contributed by atoms with Crippen LogP contribution in [-0.2, 0) is 6.54 Å². The van der Waals surface area contributed by atoms with Gasteiger partial charge in [0.15, 0.2) is 0 Å². The number of aromatic nitrogens is 4. The zero-order chi connectivity index (χ0) is 15.1. The molecule has 1 aliphatic carbocycles. The van der Waals surface area contributed by atoms with E-state index in [-0.39, 0.29) is 5.91 Å². The van der Waals surface area contributed by atoms with Crippen molar-refractivity contribution in [2.24, 2.45) is 0 Å². The molecule has 0 bridgehead atoms. The molecule has 0 unspecified atom stereocenters. The van der Waals surface area contributed by atoms with E-state index in [1.165, 1.54) is 24.2 Å². The first kappa shape index (κ1) is 13.4. The number of nitrogens with zero attached hydrogens (tertiary/aromatic N) is 4. The van der Waals surface area contributed by atoms with Crippen LogP contribution in [0.3, 0.4) is 0 Å². The van der Waals surface area contributed by atoms with Crippen molar-refractivity contribution < 1.29 is 4.79 Å². The number of hydrogen-bond acceptors (Lipinski definition) is 5. The predicted octanol–water partition coefficient (Wildman–Crippen LogP) is 3.04. The lowest BCUT2D eigenvalue weighted by molar-refractivity contribution is 0.102. The summed E-state index contributed by atoms with van der Waals surface area (Å²) in [5.74, 6) is 0.391. The minimum Gasteiger partial charge on any atom is -0.296 e. The topological polar surface area (TPSA) is 72.7 Å². The van der Waals surface area contributed by atoms with Crippen molar-refractivity contribution in [3.05, 3.63) is 35.0 Å². The van der Waals surface area contributed by atoms with Crippen molar-refractivity contribution in [2.75, 3.05) is 5.32 Å². The zero-order valence-electron chi connectivity index (χ0n) is 12.1. The molecule has 7 heteroatoms. The number of fused-ring (bicyclic) bond motifs is 1. The van der Waals surface area contributed by atoms with Gasteiger partial charge >= 0.3 is 0 Å². The van der Waals surface area contributed by atoms with Crippen LogP contribution in [0.25, 0.3) is 10.9 Å². The molecule has 0 atom stereocenters. The summed E-state index contributed by atoms with van der Waals surface area (Å²) in [6, 6.07) is 5.59. The van der Waals surface area contributed by atoms with Crippen LogP contribution in [0.2, 0.25) is 0 Å². The average molecular weight is 313 g/mol. The summed E-state index contributed by atoms with van der Waals surface area (Å²) in [7, 11) is 0. The van der Waals surface area contributed by atoms with Crippen molar-refractivity contribution in [1.82, 2.24) is 20.0 Å². The minimum absolute atomic E-state index is 0.163. The minimum atomic E-state index is -0.163. The second-order valence-electron chi connectivity index (χ2n) is 5.41. The lowest BCUT2D eigenvalue weighted by Gasteiger charge is -2.03. The molecule has 2 aromatic heterocycles. The third kappa shape index (κ3) is 2.37. The summed E-state index contributed by atoms with van der Waals surface area (Å²) >= 11 is 1.47. The van der Waals surface area contributed by atoms with Crippen molar-refractivity contribution in [3.63, 3.8) is 0 Å². The van der Waals surface area contributed by atoms with Gasteiger partial charge in [-0.1, -0.05) is 17.4 Å². The van der Waals surface area contributed by atoms with E-state index in [9.17, 15) is 4.79 Å². The molecule has 0 radical (unpaired) electrons. The molecule has 112 valence electrons. The number of aryl methyl sites for hydroxylation is 1. The molecule has 22 heavy (non-hydrogen) atoms. The number of rotatable bonds is 4. The largest absolute Gasteiger partial charge is 0.296 e. The molecule has 1 amide bonds. The van der Waals surface area contributed by atoms with Crippen LogP contribution in [0, 0.1) is 0 Å². The van der Waals surface area contributed by atoms with Crippen LogP contribution in [0.15, 0.2) is 24.4 Å². The lowest BCUT2D eigenvalue weighted by atomic mass is 10.1. The van der Waals surface area contributed by atoms with Crippen LogP contribution in [0.4, 0.5) is 5.13 Å². The van der Waals surface area contributed by atoms with Gasteiger partial charge in [-0.15, -0.1) is 10.2 Å². The second kappa shape index (κ2) is 5.17. The Morgan fingerprint density at radius 2 is 2.27 bits per heavy atom. The number of anilines is 1. The number of nitrogens with one attached hydrogen (secondary N) is 1. The molecule has 1 aromatic carbocycles. The number of amides is 1. The molecule has 0 spiro atoms. The average Bonchev–Trinajstić information content (AvgIpc) is 3.14. The molecule has 1 saturated carbocycles. The van der Waals surface area contributed by atoms with Crippen LogP contribution < -0.4 is 5.32 Å². The van der Waals surface area contributed by atoms with Gasteiger partial charge in [0.25, 0.3) is 5.91 Å². The van der Waals surface area contributed by atoms with E-state index in [0.29, 0.717) is 16.6 Å². The van der Waals surface area contributed by atoms with Crippen LogP contribution in [-0.4, -0.2) is 25.9 Å². The smallest absolute Gasteiger partial charge is 0.257 e. The molecule has 3 aromatic rings.